The summed E-state index contributed by atoms with van der Waals surface area (Å²) in [5, 5.41) is 24.8. The van der Waals surface area contributed by atoms with Crippen molar-refractivity contribution in [2.24, 2.45) is 11.8 Å². The zero-order valence-corrected chi connectivity index (χ0v) is 19.2. The van der Waals surface area contributed by atoms with Crippen molar-refractivity contribution in [1.29, 1.82) is 0 Å². The number of carboxylic acids is 1. The maximum Gasteiger partial charge on any atom is 0.411 e. The van der Waals surface area contributed by atoms with Gasteiger partial charge in [0.15, 0.2) is 0 Å². The summed E-state index contributed by atoms with van der Waals surface area (Å²) in [5.41, 5.74) is 1.15. The number of hydrogen-bond donors (Lipinski definition) is 2. The first-order valence-electron chi connectivity index (χ1n) is 10.9. The van der Waals surface area contributed by atoms with Crippen LogP contribution in [0, 0.1) is 11.8 Å². The van der Waals surface area contributed by atoms with Crippen LogP contribution in [0.4, 0.5) is 4.79 Å². The lowest BCUT2D eigenvalue weighted by atomic mass is 9.67. The molecule has 0 unspecified atom stereocenters. The molecular weight excluding hydrogens is 434 g/mol. The van der Waals surface area contributed by atoms with Gasteiger partial charge >= 0.3 is 12.1 Å². The molecule has 2 fully saturated rings. The summed E-state index contributed by atoms with van der Waals surface area (Å²) in [6.07, 6.45) is 2.47. The molecule has 1 amide bonds. The molecule has 32 heavy (non-hydrogen) atoms. The maximum absolute atomic E-state index is 12.7. The van der Waals surface area contributed by atoms with Crippen LogP contribution in [-0.4, -0.2) is 60.9 Å². The van der Waals surface area contributed by atoms with Gasteiger partial charge in [-0.15, -0.1) is 10.2 Å². The zero-order valence-electron chi connectivity index (χ0n) is 18.4. The fourth-order valence-corrected chi connectivity index (χ4v) is 5.34. The summed E-state index contributed by atoms with van der Waals surface area (Å²) in [5.74, 6) is 0.0846. The Hall–Kier alpha value is -2.68. The molecule has 1 saturated carbocycles. The van der Waals surface area contributed by atoms with Crippen LogP contribution >= 0.6 is 11.6 Å². The number of aromatic amines is 1. The molecule has 1 aromatic heterocycles. The number of carbonyl (C=O) groups excluding carboxylic acids is 1. The molecule has 9 nitrogen and oxygen atoms in total. The number of benzene rings is 1. The van der Waals surface area contributed by atoms with Gasteiger partial charge in [0, 0.05) is 12.1 Å². The summed E-state index contributed by atoms with van der Waals surface area (Å²) in [6.45, 7) is 5.75. The number of ether oxygens (including phenoxy) is 1. The molecule has 0 bridgehead atoms. The zero-order chi connectivity index (χ0) is 23.0. The Bertz CT molecular complexity index is 991. The summed E-state index contributed by atoms with van der Waals surface area (Å²) in [6, 6.07) is 4.87. The average molecular weight is 462 g/mol. The topological polar surface area (TPSA) is 121 Å². The Kier molecular flexibility index (Phi) is 6.11. The third kappa shape index (κ3) is 4.57. The predicted molar refractivity (Wildman–Crippen MR) is 117 cm³/mol. The van der Waals surface area contributed by atoms with Crippen molar-refractivity contribution in [3.05, 3.63) is 28.8 Å². The van der Waals surface area contributed by atoms with Gasteiger partial charge < -0.3 is 9.84 Å². The number of tetrazole rings is 1. The number of rotatable bonds is 3. The molecule has 1 saturated heterocycles. The highest BCUT2D eigenvalue weighted by molar-refractivity contribution is 6.33. The second kappa shape index (κ2) is 8.69. The van der Waals surface area contributed by atoms with Crippen molar-refractivity contribution in [2.45, 2.75) is 64.0 Å². The average Bonchev–Trinajstić information content (AvgIpc) is 3.25. The van der Waals surface area contributed by atoms with E-state index < -0.39 is 23.7 Å². The fourth-order valence-electron chi connectivity index (χ4n) is 5.07. The van der Waals surface area contributed by atoms with E-state index in [2.05, 4.69) is 20.6 Å². The first-order valence-corrected chi connectivity index (χ1v) is 11.3. The van der Waals surface area contributed by atoms with E-state index in [1.165, 1.54) is 4.90 Å². The van der Waals surface area contributed by atoms with Gasteiger partial charge in [0.2, 0.25) is 5.82 Å². The monoisotopic (exact) mass is 461 g/mol. The Morgan fingerprint density at radius 1 is 1.22 bits per heavy atom. The number of halogens is 1. The van der Waals surface area contributed by atoms with Crippen LogP contribution in [0.15, 0.2) is 18.2 Å². The summed E-state index contributed by atoms with van der Waals surface area (Å²) >= 11 is 6.49. The molecule has 4 atom stereocenters. The minimum absolute atomic E-state index is 0.186. The van der Waals surface area contributed by atoms with Crippen molar-refractivity contribution >= 4 is 23.7 Å². The lowest BCUT2D eigenvalue weighted by Crippen LogP contribution is -2.55. The normalized spacial score (nSPS) is 25.8. The van der Waals surface area contributed by atoms with Gasteiger partial charge in [-0.1, -0.05) is 23.7 Å². The number of nitrogens with zero attached hydrogens (tertiary/aromatic N) is 4. The number of H-pyrrole nitrogens is 1. The highest BCUT2D eigenvalue weighted by Crippen LogP contribution is 2.47. The van der Waals surface area contributed by atoms with Crippen molar-refractivity contribution in [1.82, 2.24) is 25.5 Å². The van der Waals surface area contributed by atoms with E-state index in [0.29, 0.717) is 23.8 Å². The highest BCUT2D eigenvalue weighted by atomic mass is 35.5. The molecule has 2 aromatic rings. The van der Waals surface area contributed by atoms with E-state index in [0.717, 1.165) is 30.4 Å². The van der Waals surface area contributed by atoms with Gasteiger partial charge in [-0.2, -0.15) is 5.21 Å². The van der Waals surface area contributed by atoms with E-state index >= 15 is 0 Å². The third-order valence-corrected chi connectivity index (χ3v) is 6.76. The number of piperidine rings is 1. The van der Waals surface area contributed by atoms with Crippen LogP contribution in [0.5, 0.6) is 0 Å². The molecule has 10 heteroatoms. The summed E-state index contributed by atoms with van der Waals surface area (Å²) in [4.78, 5) is 26.1. The summed E-state index contributed by atoms with van der Waals surface area (Å²) < 4.78 is 5.48. The number of aromatic nitrogens is 4. The van der Waals surface area contributed by atoms with Crippen LogP contribution in [0.3, 0.4) is 0 Å². The molecule has 2 aliphatic rings. The number of nitrogens with one attached hydrogen (secondary N) is 1. The number of carbonyl (C=O) groups is 2. The van der Waals surface area contributed by atoms with Gasteiger partial charge in [-0.05, 0) is 81.1 Å². The molecule has 0 spiro atoms. The Labute approximate surface area is 191 Å². The van der Waals surface area contributed by atoms with Gasteiger partial charge in [0.25, 0.3) is 0 Å². The van der Waals surface area contributed by atoms with E-state index in [9.17, 15) is 14.7 Å². The van der Waals surface area contributed by atoms with Gasteiger partial charge in [-0.3, -0.25) is 4.90 Å². The quantitative estimate of drug-likeness (QED) is 0.705. The van der Waals surface area contributed by atoms with E-state index in [4.69, 9.17) is 16.3 Å². The molecular formula is C22H28ClN5O4. The lowest BCUT2D eigenvalue weighted by molar-refractivity contribution is -0.146. The van der Waals surface area contributed by atoms with Crippen LogP contribution in [-0.2, 0) is 9.53 Å². The number of aliphatic carboxylic acids is 1. The van der Waals surface area contributed by atoms with Crippen molar-refractivity contribution in [3.8, 4) is 11.4 Å². The fraction of sp³-hybridized carbons (Fsp3) is 0.591. The predicted octanol–water partition coefficient (Wildman–Crippen LogP) is 4.11. The number of likely N-dealkylation sites (tertiary alicyclic amines) is 1. The largest absolute Gasteiger partial charge is 0.480 e. The van der Waals surface area contributed by atoms with Crippen LogP contribution < -0.4 is 0 Å². The first kappa shape index (κ1) is 22.5. The number of carboxylic acid groups (broad SMARTS) is 1. The van der Waals surface area contributed by atoms with Gasteiger partial charge in [0.05, 0.1) is 5.02 Å². The van der Waals surface area contributed by atoms with E-state index in [1.807, 2.05) is 18.2 Å². The number of hydrogen-bond acceptors (Lipinski definition) is 6. The minimum atomic E-state index is -0.994. The SMILES string of the molecule is CC(C)(C)OC(=O)N1C[C@@H]2CC[C@H](c3cccc(Cl)c3-c3nn[nH]n3)C[C@@H]2C[C@H]1C(=O)O. The Balaban J connectivity index is 1.55. The number of fused-ring (bicyclic) bond motifs is 1. The standard InChI is InChI=1S/C22H28ClN5O4/c1-22(2,3)32-21(31)28-11-13-8-7-12(9-14(13)10-17(28)20(29)30)15-5-4-6-16(23)18(15)19-24-26-27-25-19/h4-6,12-14,17H,7-11H2,1-3H3,(H,29,30)(H,24,25,26,27)/t12-,13-,14+,17-/m0/s1. The molecule has 1 aromatic carbocycles. The first-order chi connectivity index (χ1) is 15.1. The van der Waals surface area contributed by atoms with Crippen LogP contribution in [0.2, 0.25) is 5.02 Å². The number of amides is 1. The Morgan fingerprint density at radius 2 is 2.00 bits per heavy atom. The van der Waals surface area contributed by atoms with E-state index in [-0.39, 0.29) is 17.8 Å². The second-order valence-corrected chi connectivity index (χ2v) is 10.1. The molecule has 2 heterocycles. The minimum Gasteiger partial charge on any atom is -0.480 e. The second-order valence-electron chi connectivity index (χ2n) is 9.69. The van der Waals surface area contributed by atoms with Crippen molar-refractivity contribution < 1.29 is 19.4 Å². The smallest absolute Gasteiger partial charge is 0.411 e. The lowest BCUT2D eigenvalue weighted by Gasteiger charge is -2.46. The summed E-state index contributed by atoms with van der Waals surface area (Å²) in [7, 11) is 0. The van der Waals surface area contributed by atoms with Crippen LogP contribution in [0.1, 0.15) is 57.9 Å². The molecule has 0 radical (unpaired) electrons. The molecule has 4 rings (SSSR count). The van der Waals surface area contributed by atoms with E-state index in [1.54, 1.807) is 20.8 Å². The molecule has 1 aliphatic heterocycles. The molecule has 2 N–H and O–H groups in total. The molecule has 1 aliphatic carbocycles. The van der Waals surface area contributed by atoms with Crippen LogP contribution in [0.25, 0.3) is 11.4 Å². The van der Waals surface area contributed by atoms with Crippen molar-refractivity contribution in [2.75, 3.05) is 6.54 Å². The third-order valence-electron chi connectivity index (χ3n) is 6.44. The van der Waals surface area contributed by atoms with Gasteiger partial charge in [0.1, 0.15) is 11.6 Å². The highest BCUT2D eigenvalue weighted by Gasteiger charge is 2.45. The Morgan fingerprint density at radius 3 is 2.66 bits per heavy atom. The van der Waals surface area contributed by atoms with Gasteiger partial charge in [-0.25, -0.2) is 9.59 Å². The van der Waals surface area contributed by atoms with Crippen molar-refractivity contribution in [3.63, 3.8) is 0 Å². The maximum atomic E-state index is 12.7. The molecule has 172 valence electrons.